The fraction of sp³-hybridized carbons (Fsp3) is 0.316. The molecule has 1 atom stereocenters. The third-order valence-corrected chi connectivity index (χ3v) is 3.93. The summed E-state index contributed by atoms with van der Waals surface area (Å²) in [5.41, 5.74) is 3.03. The molecule has 0 saturated heterocycles. The Morgan fingerprint density at radius 1 is 1.19 bits per heavy atom. The minimum atomic E-state index is -0.768. The fourth-order valence-corrected chi connectivity index (χ4v) is 2.42. The standard InChI is InChI=1S/C19H23N3O4/c1-12-5-6-13(2)16(9-12)21-17(23)10-22(4)19(25)14(3)20-18(24)15-7-8-26-11-15/h5-9,11,14H,10H2,1-4H3,(H,20,24)(H,21,23)/t14-/m0/s1. The summed E-state index contributed by atoms with van der Waals surface area (Å²) in [5, 5.41) is 5.39. The first kappa shape index (κ1) is 19.2. The number of hydrogen-bond acceptors (Lipinski definition) is 4. The van der Waals surface area contributed by atoms with Crippen molar-refractivity contribution in [2.24, 2.45) is 0 Å². The molecule has 2 rings (SSSR count). The molecule has 1 aromatic heterocycles. The summed E-state index contributed by atoms with van der Waals surface area (Å²) in [6.45, 7) is 5.30. The average Bonchev–Trinajstić information content (AvgIpc) is 3.12. The van der Waals surface area contributed by atoms with Crippen LogP contribution < -0.4 is 10.6 Å². The van der Waals surface area contributed by atoms with E-state index in [0.29, 0.717) is 5.56 Å². The molecule has 3 amide bonds. The summed E-state index contributed by atoms with van der Waals surface area (Å²) in [6, 6.07) is 6.51. The van der Waals surface area contributed by atoms with Crippen LogP contribution in [0.2, 0.25) is 0 Å². The Hall–Kier alpha value is -3.09. The molecule has 0 radical (unpaired) electrons. The van der Waals surface area contributed by atoms with Crippen LogP contribution in [-0.2, 0) is 9.59 Å². The number of furan rings is 1. The van der Waals surface area contributed by atoms with Gasteiger partial charge in [0, 0.05) is 12.7 Å². The molecule has 0 spiro atoms. The zero-order valence-corrected chi connectivity index (χ0v) is 15.3. The number of amides is 3. The molecule has 0 unspecified atom stereocenters. The first-order valence-electron chi connectivity index (χ1n) is 8.23. The highest BCUT2D eigenvalue weighted by Crippen LogP contribution is 2.16. The van der Waals surface area contributed by atoms with Gasteiger partial charge in [0.25, 0.3) is 5.91 Å². The van der Waals surface area contributed by atoms with Crippen LogP contribution in [0.25, 0.3) is 0 Å². The van der Waals surface area contributed by atoms with Crippen LogP contribution in [0, 0.1) is 13.8 Å². The summed E-state index contributed by atoms with van der Waals surface area (Å²) in [6.07, 6.45) is 2.68. The number of likely N-dealkylation sites (N-methyl/N-ethyl adjacent to an activating group) is 1. The van der Waals surface area contributed by atoms with Crippen LogP contribution in [0.3, 0.4) is 0 Å². The highest BCUT2D eigenvalue weighted by molar-refractivity contribution is 5.99. The molecule has 26 heavy (non-hydrogen) atoms. The first-order valence-corrected chi connectivity index (χ1v) is 8.23. The Balaban J connectivity index is 1.90. The van der Waals surface area contributed by atoms with Gasteiger partial charge in [-0.25, -0.2) is 0 Å². The lowest BCUT2D eigenvalue weighted by atomic mass is 10.1. The Morgan fingerprint density at radius 3 is 2.58 bits per heavy atom. The highest BCUT2D eigenvalue weighted by atomic mass is 16.3. The monoisotopic (exact) mass is 357 g/mol. The van der Waals surface area contributed by atoms with Gasteiger partial charge in [0.15, 0.2) is 0 Å². The summed E-state index contributed by atoms with van der Waals surface area (Å²) in [4.78, 5) is 37.8. The predicted molar refractivity (Wildman–Crippen MR) is 97.8 cm³/mol. The number of carbonyl (C=O) groups excluding carboxylic acids is 3. The second-order valence-electron chi connectivity index (χ2n) is 6.27. The zero-order chi connectivity index (χ0) is 19.3. The topological polar surface area (TPSA) is 91.7 Å². The fourth-order valence-electron chi connectivity index (χ4n) is 2.42. The molecular weight excluding hydrogens is 334 g/mol. The largest absolute Gasteiger partial charge is 0.472 e. The summed E-state index contributed by atoms with van der Waals surface area (Å²) in [5.74, 6) is -1.08. The van der Waals surface area contributed by atoms with E-state index >= 15 is 0 Å². The van der Waals surface area contributed by atoms with Gasteiger partial charge in [0.1, 0.15) is 12.3 Å². The predicted octanol–water partition coefficient (Wildman–Crippen LogP) is 2.11. The SMILES string of the molecule is Cc1ccc(C)c(NC(=O)CN(C)C(=O)[C@H](C)NC(=O)c2ccoc2)c1. The van der Waals surface area contributed by atoms with E-state index in [1.807, 2.05) is 32.0 Å². The molecule has 0 aliphatic rings. The van der Waals surface area contributed by atoms with Crippen molar-refractivity contribution in [2.45, 2.75) is 26.8 Å². The van der Waals surface area contributed by atoms with Crippen LogP contribution in [-0.4, -0.2) is 42.3 Å². The Labute approximate surface area is 152 Å². The maximum Gasteiger partial charge on any atom is 0.255 e. The molecule has 2 N–H and O–H groups in total. The molecular formula is C19H23N3O4. The van der Waals surface area contributed by atoms with Crippen molar-refractivity contribution in [2.75, 3.05) is 18.9 Å². The Kier molecular flexibility index (Phi) is 6.16. The van der Waals surface area contributed by atoms with Crippen LogP contribution in [0.1, 0.15) is 28.4 Å². The van der Waals surface area contributed by atoms with Gasteiger partial charge in [-0.3, -0.25) is 14.4 Å². The van der Waals surface area contributed by atoms with E-state index in [1.54, 1.807) is 6.92 Å². The molecule has 138 valence electrons. The van der Waals surface area contributed by atoms with Crippen LogP contribution in [0.5, 0.6) is 0 Å². The molecule has 7 nitrogen and oxygen atoms in total. The first-order chi connectivity index (χ1) is 12.3. The van der Waals surface area contributed by atoms with E-state index in [1.165, 1.54) is 30.5 Å². The molecule has 1 aromatic carbocycles. The van der Waals surface area contributed by atoms with Gasteiger partial charge < -0.3 is 20.0 Å². The zero-order valence-electron chi connectivity index (χ0n) is 15.3. The maximum absolute atomic E-state index is 12.4. The highest BCUT2D eigenvalue weighted by Gasteiger charge is 2.22. The van der Waals surface area contributed by atoms with E-state index in [4.69, 9.17) is 4.42 Å². The molecule has 7 heteroatoms. The van der Waals surface area contributed by atoms with E-state index in [0.717, 1.165) is 16.8 Å². The Morgan fingerprint density at radius 2 is 1.92 bits per heavy atom. The lowest BCUT2D eigenvalue weighted by Crippen LogP contribution is -2.47. The minimum Gasteiger partial charge on any atom is -0.472 e. The van der Waals surface area contributed by atoms with Gasteiger partial charge in [-0.05, 0) is 44.0 Å². The van der Waals surface area contributed by atoms with E-state index < -0.39 is 11.9 Å². The normalized spacial score (nSPS) is 11.5. The van der Waals surface area contributed by atoms with Gasteiger partial charge in [0.05, 0.1) is 18.4 Å². The third kappa shape index (κ3) is 4.95. The molecule has 2 aromatic rings. The van der Waals surface area contributed by atoms with Gasteiger partial charge >= 0.3 is 0 Å². The number of benzene rings is 1. The second-order valence-corrected chi connectivity index (χ2v) is 6.27. The maximum atomic E-state index is 12.4. The van der Waals surface area contributed by atoms with Gasteiger partial charge in [-0.1, -0.05) is 12.1 Å². The molecule has 0 aliphatic carbocycles. The Bertz CT molecular complexity index is 799. The summed E-state index contributed by atoms with van der Waals surface area (Å²) >= 11 is 0. The van der Waals surface area contributed by atoms with Crippen molar-refractivity contribution >= 4 is 23.4 Å². The van der Waals surface area contributed by atoms with Gasteiger partial charge in [-0.15, -0.1) is 0 Å². The van der Waals surface area contributed by atoms with Crippen molar-refractivity contribution in [1.82, 2.24) is 10.2 Å². The number of aryl methyl sites for hydroxylation is 2. The van der Waals surface area contributed by atoms with Crippen LogP contribution in [0.4, 0.5) is 5.69 Å². The number of rotatable bonds is 6. The quantitative estimate of drug-likeness (QED) is 0.828. The summed E-state index contributed by atoms with van der Waals surface area (Å²) in [7, 11) is 1.52. The van der Waals surface area contributed by atoms with Crippen molar-refractivity contribution in [3.8, 4) is 0 Å². The molecule has 1 heterocycles. The van der Waals surface area contributed by atoms with Crippen LogP contribution in [0.15, 0.2) is 41.2 Å². The van der Waals surface area contributed by atoms with E-state index in [9.17, 15) is 14.4 Å². The van der Waals surface area contributed by atoms with Crippen LogP contribution >= 0.6 is 0 Å². The van der Waals surface area contributed by atoms with Crippen molar-refractivity contribution in [3.05, 3.63) is 53.5 Å². The number of nitrogens with one attached hydrogen (secondary N) is 2. The smallest absolute Gasteiger partial charge is 0.255 e. The number of nitrogens with zero attached hydrogens (tertiary/aromatic N) is 1. The van der Waals surface area contributed by atoms with Crippen molar-refractivity contribution in [3.63, 3.8) is 0 Å². The van der Waals surface area contributed by atoms with E-state index in [2.05, 4.69) is 10.6 Å². The molecule has 0 aliphatic heterocycles. The average molecular weight is 357 g/mol. The molecule has 0 fully saturated rings. The van der Waals surface area contributed by atoms with Crippen molar-refractivity contribution < 1.29 is 18.8 Å². The third-order valence-electron chi connectivity index (χ3n) is 3.93. The van der Waals surface area contributed by atoms with E-state index in [-0.39, 0.29) is 18.4 Å². The second kappa shape index (κ2) is 8.33. The summed E-state index contributed by atoms with van der Waals surface area (Å²) < 4.78 is 4.84. The minimum absolute atomic E-state index is 0.113. The lowest BCUT2D eigenvalue weighted by Gasteiger charge is -2.21. The number of hydrogen-bond donors (Lipinski definition) is 2. The number of carbonyl (C=O) groups is 3. The lowest BCUT2D eigenvalue weighted by molar-refractivity contribution is -0.134. The van der Waals surface area contributed by atoms with Gasteiger partial charge in [-0.2, -0.15) is 0 Å². The number of anilines is 1. The molecule has 0 bridgehead atoms. The molecule has 0 saturated carbocycles. The van der Waals surface area contributed by atoms with Gasteiger partial charge in [0.2, 0.25) is 11.8 Å². The van der Waals surface area contributed by atoms with Crippen molar-refractivity contribution in [1.29, 1.82) is 0 Å².